The second-order valence-corrected chi connectivity index (χ2v) is 3.33. The molecule has 63 valence electrons. The van der Waals surface area contributed by atoms with Gasteiger partial charge in [0.25, 0.3) is 0 Å². The van der Waals surface area contributed by atoms with Gasteiger partial charge >= 0.3 is 0 Å². The summed E-state index contributed by atoms with van der Waals surface area (Å²) in [6.07, 6.45) is 0. The fourth-order valence-corrected chi connectivity index (χ4v) is 0.759. The summed E-state index contributed by atoms with van der Waals surface area (Å²) in [4.78, 5) is 0. The molecule has 1 radical (unpaired) electrons. The molecule has 0 heterocycles. The van der Waals surface area contributed by atoms with E-state index in [2.05, 4.69) is 42.2 Å². The number of hydrogen-bond acceptors (Lipinski definition) is 0. The zero-order valence-corrected chi connectivity index (χ0v) is 12.2. The van der Waals surface area contributed by atoms with Gasteiger partial charge in [0.1, 0.15) is 0 Å². The normalized spacial score (nSPS) is 7.17. The maximum atomic E-state index is 3.44. The molecule has 0 aliphatic rings. The average Bonchev–Trinajstić information content (AvgIpc) is 1.87. The van der Waals surface area contributed by atoms with Crippen LogP contribution in [0.5, 0.6) is 0 Å². The van der Waals surface area contributed by atoms with Crippen molar-refractivity contribution >= 4 is 22.6 Å². The van der Waals surface area contributed by atoms with Crippen molar-refractivity contribution in [1.82, 2.24) is 0 Å². The summed E-state index contributed by atoms with van der Waals surface area (Å²) in [5, 5.41) is 0. The van der Waals surface area contributed by atoms with Gasteiger partial charge in [-0.3, -0.25) is 0 Å². The molecule has 12 heavy (non-hydrogen) atoms. The molecule has 0 N–H and O–H groups in total. The van der Waals surface area contributed by atoms with Crippen molar-refractivity contribution in [3.63, 3.8) is 0 Å². The third-order valence-corrected chi connectivity index (χ3v) is 1.34. The van der Waals surface area contributed by atoms with Crippen molar-refractivity contribution in [2.45, 2.75) is 6.92 Å². The minimum atomic E-state index is 0. The quantitative estimate of drug-likeness (QED) is 0.498. The maximum absolute atomic E-state index is 3.44. The third kappa shape index (κ3) is 13.3. The van der Waals surface area contributed by atoms with Gasteiger partial charge in [-0.2, -0.15) is 30.3 Å². The molecule has 0 amide bonds. The van der Waals surface area contributed by atoms with Crippen LogP contribution >= 0.6 is 22.6 Å². The molecular formula is C10H11IY-2. The van der Waals surface area contributed by atoms with Gasteiger partial charge in [0.05, 0.1) is 0 Å². The monoisotopic (exact) mass is 347 g/mol. The minimum Gasteiger partial charge on any atom is -0.242 e. The standard InChI is InChI=1S/C6H4I.C4H7.Y/c7-6-4-2-1-3-5-6;1-4(2)3;/h1-4H;1-2H2,3H3;/q2*-1;. The molecule has 0 aliphatic carbocycles. The first-order valence-electron chi connectivity index (χ1n) is 3.22. The van der Waals surface area contributed by atoms with Gasteiger partial charge in [-0.05, 0) is 0 Å². The Morgan fingerprint density at radius 3 is 2.25 bits per heavy atom. The molecule has 1 rings (SSSR count). The van der Waals surface area contributed by atoms with Gasteiger partial charge < -0.3 is 0 Å². The number of hydrogen-bond donors (Lipinski definition) is 0. The zero-order chi connectivity index (χ0) is 8.69. The molecule has 0 aromatic heterocycles. The predicted molar refractivity (Wildman–Crippen MR) is 58.2 cm³/mol. The smallest absolute Gasteiger partial charge is 0 e. The van der Waals surface area contributed by atoms with Gasteiger partial charge in [0, 0.05) is 32.7 Å². The van der Waals surface area contributed by atoms with Crippen LogP contribution in [-0.4, -0.2) is 0 Å². The molecule has 2 heteroatoms. The Balaban J connectivity index is 0. The van der Waals surface area contributed by atoms with E-state index in [0.717, 1.165) is 5.57 Å². The molecular weight excluding hydrogens is 336 g/mol. The van der Waals surface area contributed by atoms with Gasteiger partial charge in [-0.25, -0.2) is 19.1 Å². The Kier molecular flexibility index (Phi) is 12.3. The second-order valence-electron chi connectivity index (χ2n) is 2.17. The second kappa shape index (κ2) is 9.75. The predicted octanol–water partition coefficient (Wildman–Crippen LogP) is 3.49. The zero-order valence-electron chi connectivity index (χ0n) is 7.18. The van der Waals surface area contributed by atoms with Crippen molar-refractivity contribution in [2.24, 2.45) is 0 Å². The number of allylic oxidation sites excluding steroid dienone is 1. The molecule has 0 spiro atoms. The van der Waals surface area contributed by atoms with Crippen LogP contribution in [0.1, 0.15) is 6.92 Å². The van der Waals surface area contributed by atoms with Crippen LogP contribution < -0.4 is 0 Å². The van der Waals surface area contributed by atoms with Crippen molar-refractivity contribution in [2.75, 3.05) is 0 Å². The van der Waals surface area contributed by atoms with Crippen LogP contribution in [0.25, 0.3) is 0 Å². The SMILES string of the molecule is C=C([CH2-])C.Ic1[c-]cccc1.[Y]. The summed E-state index contributed by atoms with van der Waals surface area (Å²) in [6.45, 7) is 8.75. The first-order chi connectivity index (χ1) is 5.13. The average molecular weight is 347 g/mol. The van der Waals surface area contributed by atoms with Crippen LogP contribution in [0.3, 0.4) is 0 Å². The van der Waals surface area contributed by atoms with E-state index >= 15 is 0 Å². The van der Waals surface area contributed by atoms with Crippen LogP contribution in [0.4, 0.5) is 0 Å². The largest absolute Gasteiger partial charge is 0.242 e. The summed E-state index contributed by atoms with van der Waals surface area (Å²) in [7, 11) is 0. The van der Waals surface area contributed by atoms with E-state index in [0.29, 0.717) is 0 Å². The van der Waals surface area contributed by atoms with Gasteiger partial charge in [-0.1, -0.05) is 29.5 Å². The minimum absolute atomic E-state index is 0. The fraction of sp³-hybridized carbons (Fsp3) is 0.100. The van der Waals surface area contributed by atoms with E-state index in [1.54, 1.807) is 0 Å². The van der Waals surface area contributed by atoms with Crippen LogP contribution in [0, 0.1) is 16.6 Å². The Morgan fingerprint density at radius 1 is 1.58 bits per heavy atom. The summed E-state index contributed by atoms with van der Waals surface area (Å²) >= 11 is 2.22. The van der Waals surface area contributed by atoms with E-state index < -0.39 is 0 Å². The molecule has 0 saturated heterocycles. The third-order valence-electron chi connectivity index (χ3n) is 0.671. The van der Waals surface area contributed by atoms with Crippen LogP contribution in [-0.2, 0) is 32.7 Å². The van der Waals surface area contributed by atoms with E-state index in [1.807, 2.05) is 31.2 Å². The van der Waals surface area contributed by atoms with Gasteiger partial charge in [0.15, 0.2) is 0 Å². The van der Waals surface area contributed by atoms with Crippen LogP contribution in [0.2, 0.25) is 0 Å². The van der Waals surface area contributed by atoms with Gasteiger partial charge in [0.2, 0.25) is 0 Å². The maximum Gasteiger partial charge on any atom is 0 e. The first kappa shape index (κ1) is 15.2. The summed E-state index contributed by atoms with van der Waals surface area (Å²) < 4.78 is 1.17. The Morgan fingerprint density at radius 2 is 2.08 bits per heavy atom. The molecule has 0 bridgehead atoms. The first-order valence-corrected chi connectivity index (χ1v) is 4.30. The molecule has 0 saturated carbocycles. The molecule has 0 nitrogen and oxygen atoms in total. The van der Waals surface area contributed by atoms with E-state index in [9.17, 15) is 0 Å². The summed E-state index contributed by atoms with van der Waals surface area (Å²) in [5.41, 5.74) is 0.917. The van der Waals surface area contributed by atoms with Crippen molar-refractivity contribution in [1.29, 1.82) is 0 Å². The van der Waals surface area contributed by atoms with Crippen LogP contribution in [0.15, 0.2) is 36.4 Å². The molecule has 0 fully saturated rings. The Bertz CT molecular complexity index is 202. The molecule has 0 atom stereocenters. The summed E-state index contributed by atoms with van der Waals surface area (Å²) in [5.74, 6) is 0. The topological polar surface area (TPSA) is 0 Å². The number of benzene rings is 1. The molecule has 0 aliphatic heterocycles. The Hall–Kier alpha value is 0.664. The number of rotatable bonds is 0. The van der Waals surface area contributed by atoms with Crippen molar-refractivity contribution < 1.29 is 32.7 Å². The van der Waals surface area contributed by atoms with E-state index in [-0.39, 0.29) is 32.7 Å². The Labute approximate surface area is 114 Å². The molecule has 0 unspecified atom stereocenters. The van der Waals surface area contributed by atoms with Gasteiger partial charge in [-0.15, -0.1) is 3.57 Å². The van der Waals surface area contributed by atoms with Crippen molar-refractivity contribution in [3.05, 3.63) is 53.0 Å². The number of halogens is 1. The molecule has 1 aromatic carbocycles. The summed E-state index contributed by atoms with van der Waals surface area (Å²) in [6, 6.07) is 10.9. The van der Waals surface area contributed by atoms with E-state index in [1.165, 1.54) is 3.57 Å². The van der Waals surface area contributed by atoms with Crippen molar-refractivity contribution in [3.8, 4) is 0 Å². The van der Waals surface area contributed by atoms with E-state index in [4.69, 9.17) is 0 Å². The fourth-order valence-electron chi connectivity index (χ4n) is 0.371. The molecule has 1 aromatic rings.